The second-order valence-electron chi connectivity index (χ2n) is 21.5. The number of carbonyl (C=O) groups excluding carboxylic acids is 2. The molecule has 0 aliphatic carbocycles. The zero-order chi connectivity index (χ0) is 60.6. The number of benzene rings is 3. The molecule has 2 amide bonds. The van der Waals surface area contributed by atoms with Crippen LogP contribution < -0.4 is 31.3 Å². The number of thioether (sulfide) groups is 1. The molecule has 3 aromatic rings. The molecule has 0 aromatic heterocycles. The normalized spacial score (nSPS) is 19.4. The Morgan fingerprint density at radius 2 is 1.42 bits per heavy atom. The minimum atomic E-state index is -5.30. The lowest BCUT2D eigenvalue weighted by molar-refractivity contribution is -0.121. The van der Waals surface area contributed by atoms with E-state index in [0.717, 1.165) is 18.9 Å². The van der Waals surface area contributed by atoms with Crippen molar-refractivity contribution in [2.75, 3.05) is 43.8 Å². The van der Waals surface area contributed by atoms with E-state index >= 15 is 0 Å². The molecule has 3 aliphatic heterocycles. The number of carbonyl (C=O) groups is 3. The van der Waals surface area contributed by atoms with E-state index in [-0.39, 0.29) is 92.0 Å². The number of anilines is 1. The first-order valence-electron chi connectivity index (χ1n) is 25.5. The van der Waals surface area contributed by atoms with Crippen molar-refractivity contribution in [3.05, 3.63) is 66.1 Å². The van der Waals surface area contributed by atoms with Gasteiger partial charge in [-0.25, -0.2) is 13.7 Å². The number of phosphoric acid groups is 1. The maximum Gasteiger partial charge on any atom is 0.479 e. The van der Waals surface area contributed by atoms with Gasteiger partial charge in [-0.2, -0.15) is 16.8 Å². The SMILES string of the molecule is COP(=O)(O)CP(=O)(O)OP(=O)(O)OCCCCCCNC(=O)CCCCCNC(=O)CSc1c(C)c(C2=c3cc4c(c(S(=O)(=O)O)c3Oc3c2cc2c(c3S(=O)(=O)O)NC(C)(C)CC2C)=NC(C)(C)CC4C)c(C(=O)O)c(Cl)c1Cl. The van der Waals surface area contributed by atoms with Crippen LogP contribution in [0.2, 0.25) is 10.0 Å². The van der Waals surface area contributed by atoms with Crippen molar-refractivity contribution in [2.24, 2.45) is 4.99 Å². The first kappa shape index (κ1) is 66.7. The quantitative estimate of drug-likeness (QED) is 0.0122. The first-order chi connectivity index (χ1) is 37.3. The van der Waals surface area contributed by atoms with Gasteiger partial charge in [-0.05, 0) is 114 Å². The van der Waals surface area contributed by atoms with Crippen LogP contribution in [0.25, 0.3) is 5.57 Å². The topological polar surface area (TPSA) is 377 Å². The zero-order valence-corrected chi connectivity index (χ0v) is 52.2. The number of unbranched alkanes of at least 4 members (excludes halogenated alkanes) is 5. The van der Waals surface area contributed by atoms with E-state index in [1.807, 2.05) is 27.7 Å². The predicted octanol–water partition coefficient (Wildman–Crippen LogP) is 9.00. The van der Waals surface area contributed by atoms with Crippen LogP contribution in [-0.4, -0.2) is 113 Å². The van der Waals surface area contributed by atoms with Gasteiger partial charge in [-0.15, -0.1) is 11.8 Å². The highest BCUT2D eigenvalue weighted by Crippen LogP contribution is 2.66. The third kappa shape index (κ3) is 16.3. The van der Waals surface area contributed by atoms with Crippen molar-refractivity contribution in [3.63, 3.8) is 0 Å². The molecule has 0 fully saturated rings. The van der Waals surface area contributed by atoms with Gasteiger partial charge in [0.05, 0.1) is 44.6 Å². The lowest BCUT2D eigenvalue weighted by atomic mass is 9.78. The Kier molecular flexibility index (Phi) is 21.1. The Morgan fingerprint density at radius 1 is 0.827 bits per heavy atom. The third-order valence-electron chi connectivity index (χ3n) is 13.6. The minimum absolute atomic E-state index is 0.0320. The average Bonchev–Trinajstić information content (AvgIpc) is 2.57. The molecule has 5 atom stereocenters. The molecule has 0 spiro atoms. The van der Waals surface area contributed by atoms with Crippen molar-refractivity contribution in [1.82, 2.24) is 10.6 Å². The highest BCUT2D eigenvalue weighted by molar-refractivity contribution is 8.00. The summed E-state index contributed by atoms with van der Waals surface area (Å²) >= 11 is 14.7. The van der Waals surface area contributed by atoms with Crippen LogP contribution in [0.15, 0.2) is 31.8 Å². The molecular weight excluding hydrogens is 1220 g/mol. The standard InChI is InChI=1S/C49H67Cl2N4O20P3S3/c1-26-22-48(4,5)54-40-29(26)20-31-36(32-21-30-27(2)23-49(6,7)55-41(30)46(81(69,70)71)43(32)74-42(31)45(40)80(66,67)68)35-28(3)44(39(51)38(50)37(35)47(58)59)79-24-34(57)53-18-14-11-12-16-33(56)52-17-13-9-10-15-19-73-78(64,65)75-77(62,63)25-76(60,61)72-8/h20-21,26-27,54H,9-19,22-25H2,1-8H3,(H,52,56)(H,53,57)(H,58,59)(H,60,61)(H,62,63)(H,64,65)(H,66,67,68)(H,69,70,71). The van der Waals surface area contributed by atoms with Crippen LogP contribution in [0.5, 0.6) is 11.5 Å². The number of aromatic carboxylic acids is 1. The summed E-state index contributed by atoms with van der Waals surface area (Å²) in [5, 5.41) is 18.9. The van der Waals surface area contributed by atoms with Gasteiger partial charge in [0.15, 0.2) is 27.2 Å². The molecular formula is C49H67Cl2N4O20P3S3. The van der Waals surface area contributed by atoms with Crippen molar-refractivity contribution in [2.45, 2.75) is 150 Å². The Hall–Kier alpha value is -3.46. The summed E-state index contributed by atoms with van der Waals surface area (Å²) in [6.45, 7) is 12.6. The summed E-state index contributed by atoms with van der Waals surface area (Å²) in [6, 6.07) is 3.16. The number of carboxylic acids is 1. The van der Waals surface area contributed by atoms with Gasteiger partial charge in [-0.3, -0.25) is 37.3 Å². The summed E-state index contributed by atoms with van der Waals surface area (Å²) in [5.74, 6) is -5.82. The van der Waals surface area contributed by atoms with Crippen molar-refractivity contribution in [1.29, 1.82) is 0 Å². The monoisotopic (exact) mass is 1290 g/mol. The summed E-state index contributed by atoms with van der Waals surface area (Å²) < 4.78 is 132. The molecule has 450 valence electrons. The Balaban J connectivity index is 1.18. The maximum atomic E-state index is 13.7. The summed E-state index contributed by atoms with van der Waals surface area (Å²) in [6.07, 6.45) is 4.62. The second kappa shape index (κ2) is 25.6. The molecule has 32 heteroatoms. The molecule has 6 rings (SSSR count). The smallest absolute Gasteiger partial charge is 0.478 e. The van der Waals surface area contributed by atoms with Crippen LogP contribution in [0.1, 0.15) is 156 Å². The molecule has 0 saturated carbocycles. The summed E-state index contributed by atoms with van der Waals surface area (Å²) in [7, 11) is -24.3. The van der Waals surface area contributed by atoms with Crippen molar-refractivity contribution in [3.8, 4) is 11.5 Å². The number of hydrogen-bond donors (Lipinski definition) is 9. The van der Waals surface area contributed by atoms with E-state index in [2.05, 4.69) is 29.3 Å². The molecule has 0 bridgehead atoms. The molecule has 3 aliphatic rings. The lowest BCUT2D eigenvalue weighted by Crippen LogP contribution is -2.39. The summed E-state index contributed by atoms with van der Waals surface area (Å²) in [4.78, 5) is 71.4. The fraction of sp³-hybridized carbons (Fsp3) is 0.551. The predicted molar refractivity (Wildman–Crippen MR) is 303 cm³/mol. The molecule has 0 radical (unpaired) electrons. The van der Waals surface area contributed by atoms with E-state index in [9.17, 15) is 73.8 Å². The van der Waals surface area contributed by atoms with Crippen LogP contribution in [0.3, 0.4) is 0 Å². The van der Waals surface area contributed by atoms with E-state index in [1.54, 1.807) is 26.0 Å². The maximum absolute atomic E-state index is 13.7. The number of hydrogen-bond acceptors (Lipinski definition) is 17. The number of ether oxygens (including phenoxy) is 1. The van der Waals surface area contributed by atoms with E-state index in [4.69, 9.17) is 32.9 Å². The van der Waals surface area contributed by atoms with Crippen molar-refractivity contribution < 1.29 is 91.9 Å². The largest absolute Gasteiger partial charge is 0.479 e. The number of carboxylic acid groups (broad SMARTS) is 1. The molecule has 9 N–H and O–H groups in total. The Bertz CT molecular complexity index is 3550. The number of halogens is 2. The number of nitrogens with zero attached hydrogens (tertiary/aromatic N) is 1. The van der Waals surface area contributed by atoms with Gasteiger partial charge in [0.2, 0.25) is 11.8 Å². The molecule has 3 aromatic carbocycles. The molecule has 3 heterocycles. The minimum Gasteiger partial charge on any atom is -0.478 e. The van der Waals surface area contributed by atoms with Crippen molar-refractivity contribution >= 4 is 107 Å². The van der Waals surface area contributed by atoms with Gasteiger partial charge in [0.1, 0.15) is 0 Å². The number of phosphoric ester groups is 1. The van der Waals surface area contributed by atoms with Gasteiger partial charge in [-0.1, -0.05) is 56.3 Å². The Labute approximate surface area is 483 Å². The molecule has 0 saturated heterocycles. The first-order valence-corrected chi connectivity index (χ1v) is 35.2. The molecule has 5 unspecified atom stereocenters. The molecule has 81 heavy (non-hydrogen) atoms. The van der Waals surface area contributed by atoms with Gasteiger partial charge in [0.25, 0.3) is 20.2 Å². The second-order valence-corrected chi connectivity index (χ2v) is 31.8. The highest BCUT2D eigenvalue weighted by atomic mass is 35.5. The highest BCUT2D eigenvalue weighted by Gasteiger charge is 2.44. The van der Waals surface area contributed by atoms with E-state index in [1.165, 1.54) is 6.92 Å². The number of fused-ring (bicyclic) bond motifs is 4. The molecule has 24 nitrogen and oxygen atoms in total. The van der Waals surface area contributed by atoms with Crippen LogP contribution >= 0.6 is 58.0 Å². The average molecular weight is 1290 g/mol. The summed E-state index contributed by atoms with van der Waals surface area (Å²) in [5.41, 5.74) is -1.57. The third-order valence-corrected chi connectivity index (χ3v) is 23.4. The van der Waals surface area contributed by atoms with Gasteiger partial charge >= 0.3 is 29.0 Å². The Morgan fingerprint density at radius 3 is 2.02 bits per heavy atom. The van der Waals surface area contributed by atoms with E-state index in [0.29, 0.717) is 69.0 Å². The van der Waals surface area contributed by atoms with E-state index < -0.39 is 110 Å². The fourth-order valence-electron chi connectivity index (χ4n) is 10.4. The van der Waals surface area contributed by atoms with Crippen LogP contribution in [-0.2, 0) is 56.9 Å². The number of rotatable bonds is 26. The van der Waals surface area contributed by atoms with Gasteiger partial charge < -0.3 is 45.0 Å². The number of amides is 2. The fourth-order valence-corrected chi connectivity index (χ4v) is 18.4. The lowest BCUT2D eigenvalue weighted by Gasteiger charge is -2.40. The van der Waals surface area contributed by atoms with Crippen LogP contribution in [0.4, 0.5) is 5.69 Å². The van der Waals surface area contributed by atoms with Gasteiger partial charge in [0, 0.05) is 59.0 Å². The number of nitrogens with one attached hydrogen (secondary N) is 3. The zero-order valence-electron chi connectivity index (χ0n) is 45.6. The van der Waals surface area contributed by atoms with Crippen LogP contribution in [0, 0.1) is 6.92 Å².